The van der Waals surface area contributed by atoms with Crippen LogP contribution in [0.2, 0.25) is 0 Å². The molecule has 0 saturated carbocycles. The van der Waals surface area contributed by atoms with E-state index in [0.717, 1.165) is 28.6 Å². The molecule has 0 aliphatic carbocycles. The third-order valence-corrected chi connectivity index (χ3v) is 6.50. The first kappa shape index (κ1) is 18.9. The fourth-order valence-corrected chi connectivity index (χ4v) is 5.17. The van der Waals surface area contributed by atoms with Crippen molar-refractivity contribution < 1.29 is 9.50 Å². The number of aromatic hydroxyl groups is 1. The van der Waals surface area contributed by atoms with Crippen LogP contribution >= 0.6 is 11.3 Å². The van der Waals surface area contributed by atoms with E-state index in [0.29, 0.717) is 16.7 Å². The lowest BCUT2D eigenvalue weighted by molar-refractivity contribution is 0.267. The Labute approximate surface area is 177 Å². The average molecular weight is 421 g/mol. The molecular formula is C23H21FN4OS. The van der Waals surface area contributed by atoms with Crippen LogP contribution in [0.15, 0.2) is 58.1 Å². The predicted molar refractivity (Wildman–Crippen MR) is 118 cm³/mol. The molecule has 0 spiro atoms. The second-order valence-electron chi connectivity index (χ2n) is 8.39. The lowest BCUT2D eigenvalue weighted by Gasteiger charge is -2.36. The molecule has 5 nitrogen and oxygen atoms in total. The quantitative estimate of drug-likeness (QED) is 0.354. The van der Waals surface area contributed by atoms with Crippen molar-refractivity contribution in [3.63, 3.8) is 0 Å². The Balaban J connectivity index is 1.57. The molecule has 0 fully saturated rings. The van der Waals surface area contributed by atoms with Crippen LogP contribution in [-0.2, 0) is 5.54 Å². The zero-order valence-corrected chi connectivity index (χ0v) is 17.7. The highest BCUT2D eigenvalue weighted by Crippen LogP contribution is 2.50. The molecular weight excluding hydrogens is 399 g/mol. The van der Waals surface area contributed by atoms with Crippen LogP contribution in [0.3, 0.4) is 0 Å². The van der Waals surface area contributed by atoms with Crippen LogP contribution < -0.4 is 0 Å². The average Bonchev–Trinajstić information content (AvgIpc) is 3.28. The van der Waals surface area contributed by atoms with Crippen molar-refractivity contribution in [2.45, 2.75) is 38.6 Å². The van der Waals surface area contributed by atoms with Crippen LogP contribution in [0.1, 0.15) is 38.7 Å². The van der Waals surface area contributed by atoms with E-state index in [1.54, 1.807) is 12.1 Å². The first-order chi connectivity index (χ1) is 14.3. The number of hydrogen-bond donors (Lipinski definition) is 1. The van der Waals surface area contributed by atoms with Crippen molar-refractivity contribution in [1.29, 1.82) is 0 Å². The van der Waals surface area contributed by atoms with E-state index in [9.17, 15) is 9.50 Å². The van der Waals surface area contributed by atoms with Crippen LogP contribution in [0.5, 0.6) is 5.88 Å². The third-order valence-electron chi connectivity index (χ3n) is 5.78. The summed E-state index contributed by atoms with van der Waals surface area (Å²) in [4.78, 5) is 4.48. The molecule has 1 atom stereocenters. The molecule has 2 aromatic carbocycles. The van der Waals surface area contributed by atoms with Gasteiger partial charge in [-0.3, -0.25) is 0 Å². The Bertz CT molecular complexity index is 1290. The highest BCUT2D eigenvalue weighted by Gasteiger charge is 2.36. The summed E-state index contributed by atoms with van der Waals surface area (Å²) in [5.41, 5.74) is 4.03. The second kappa shape index (κ2) is 6.74. The molecule has 1 N–H and O–H groups in total. The minimum absolute atomic E-state index is 0.133. The van der Waals surface area contributed by atoms with Gasteiger partial charge < -0.3 is 9.67 Å². The number of aromatic nitrogens is 2. The van der Waals surface area contributed by atoms with Gasteiger partial charge in [-0.05, 0) is 56.0 Å². The molecule has 0 amide bonds. The van der Waals surface area contributed by atoms with E-state index in [2.05, 4.69) is 42.1 Å². The summed E-state index contributed by atoms with van der Waals surface area (Å²) in [5.74, 6) is 0.246. The van der Waals surface area contributed by atoms with E-state index < -0.39 is 0 Å². The molecule has 0 saturated heterocycles. The number of nitrogens with zero attached hydrogens (tertiary/aromatic N) is 4. The molecule has 1 unspecified atom stereocenters. The first-order valence-electron chi connectivity index (χ1n) is 9.85. The molecule has 1 aliphatic rings. The first-order valence-corrected chi connectivity index (χ1v) is 10.7. The van der Waals surface area contributed by atoms with Crippen LogP contribution in [0, 0.1) is 5.82 Å². The highest BCUT2D eigenvalue weighted by molar-refractivity contribution is 7.13. The lowest BCUT2D eigenvalue weighted by atomic mass is 9.82. The zero-order valence-electron chi connectivity index (χ0n) is 16.9. The Morgan fingerprint density at radius 2 is 1.93 bits per heavy atom. The number of hydrogen-bond acceptors (Lipinski definition) is 5. The molecule has 0 bridgehead atoms. The molecule has 2 aromatic heterocycles. The Morgan fingerprint density at radius 1 is 1.17 bits per heavy atom. The molecule has 5 rings (SSSR count). The van der Waals surface area contributed by atoms with Crippen molar-refractivity contribution >= 4 is 33.1 Å². The van der Waals surface area contributed by atoms with Crippen LogP contribution in [-0.4, -0.2) is 14.7 Å². The molecule has 4 aromatic rings. The van der Waals surface area contributed by atoms with Gasteiger partial charge in [-0.25, -0.2) is 9.37 Å². The maximum atomic E-state index is 13.1. The van der Waals surface area contributed by atoms with Gasteiger partial charge in [0, 0.05) is 21.9 Å². The van der Waals surface area contributed by atoms with Gasteiger partial charge in [-0.15, -0.1) is 21.6 Å². The number of para-hydroxylation sites is 1. The Morgan fingerprint density at radius 3 is 2.70 bits per heavy atom. The maximum absolute atomic E-state index is 13.1. The fraction of sp³-hybridized carbons (Fsp3) is 0.261. The van der Waals surface area contributed by atoms with Crippen LogP contribution in [0.4, 0.5) is 15.2 Å². The summed E-state index contributed by atoms with van der Waals surface area (Å²) in [6.45, 7) is 6.49. The largest absolute Gasteiger partial charge is 0.493 e. The van der Waals surface area contributed by atoms with Crippen molar-refractivity contribution in [3.8, 4) is 17.1 Å². The summed E-state index contributed by atoms with van der Waals surface area (Å²) in [6, 6.07) is 12.3. The normalized spacial score (nSPS) is 17.8. The van der Waals surface area contributed by atoms with E-state index in [1.165, 1.54) is 29.0 Å². The molecule has 3 heterocycles. The topological polar surface area (TPSA) is 62.8 Å². The van der Waals surface area contributed by atoms with Gasteiger partial charge in [0.2, 0.25) is 11.0 Å². The minimum Gasteiger partial charge on any atom is -0.493 e. The Hall–Kier alpha value is -3.06. The third kappa shape index (κ3) is 2.92. The number of benzene rings is 2. The lowest BCUT2D eigenvalue weighted by Crippen LogP contribution is -2.31. The maximum Gasteiger partial charge on any atom is 0.230 e. The minimum atomic E-state index is -0.283. The second-order valence-corrected chi connectivity index (χ2v) is 9.23. The zero-order chi connectivity index (χ0) is 21.0. The van der Waals surface area contributed by atoms with Gasteiger partial charge in [0.15, 0.2) is 5.69 Å². The summed E-state index contributed by atoms with van der Waals surface area (Å²) < 4.78 is 15.1. The number of azo groups is 1. The molecule has 0 radical (unpaired) electrons. The fourth-order valence-electron chi connectivity index (χ4n) is 4.53. The van der Waals surface area contributed by atoms with Crippen molar-refractivity contribution in [1.82, 2.24) is 9.55 Å². The smallest absolute Gasteiger partial charge is 0.230 e. The van der Waals surface area contributed by atoms with Gasteiger partial charge in [0.1, 0.15) is 5.82 Å². The number of thiazole rings is 1. The van der Waals surface area contributed by atoms with Gasteiger partial charge >= 0.3 is 0 Å². The van der Waals surface area contributed by atoms with Crippen molar-refractivity contribution in [2.24, 2.45) is 10.2 Å². The SMILES string of the molecule is CC1CC(C)(C)n2c(O)c(N=Nc3nc(-c4ccc(F)cc4)cs3)c3cccc1c32. The van der Waals surface area contributed by atoms with Crippen molar-refractivity contribution in [3.05, 3.63) is 59.2 Å². The van der Waals surface area contributed by atoms with Gasteiger partial charge in [0.05, 0.1) is 11.2 Å². The molecule has 152 valence electrons. The molecule has 7 heteroatoms. The van der Waals surface area contributed by atoms with E-state index in [4.69, 9.17) is 0 Å². The number of halogens is 1. The van der Waals surface area contributed by atoms with Gasteiger partial charge in [-0.1, -0.05) is 25.1 Å². The van der Waals surface area contributed by atoms with Gasteiger partial charge in [0.25, 0.3) is 0 Å². The summed E-state index contributed by atoms with van der Waals surface area (Å²) in [6.07, 6.45) is 0.936. The monoisotopic (exact) mass is 420 g/mol. The molecule has 30 heavy (non-hydrogen) atoms. The summed E-state index contributed by atoms with van der Waals surface area (Å²) in [7, 11) is 0. The van der Waals surface area contributed by atoms with E-state index in [-0.39, 0.29) is 17.2 Å². The predicted octanol–water partition coefficient (Wildman–Crippen LogP) is 7.27. The van der Waals surface area contributed by atoms with E-state index >= 15 is 0 Å². The summed E-state index contributed by atoms with van der Waals surface area (Å²) in [5, 5.41) is 23.0. The Kier molecular flexibility index (Phi) is 4.25. The van der Waals surface area contributed by atoms with Gasteiger partial charge in [-0.2, -0.15) is 0 Å². The van der Waals surface area contributed by atoms with Crippen LogP contribution in [0.25, 0.3) is 22.2 Å². The van der Waals surface area contributed by atoms with E-state index in [1.807, 2.05) is 22.1 Å². The highest BCUT2D eigenvalue weighted by atomic mass is 32.1. The number of rotatable bonds is 3. The standard InChI is InChI=1S/C23H21FN4OS/c1-13-11-23(2,3)28-20-16(13)5-4-6-17(20)19(21(28)29)26-27-22-25-18(12-30-22)14-7-9-15(24)10-8-14/h4-10,12-13,29H,11H2,1-3H3. The molecule has 1 aliphatic heterocycles. The van der Waals surface area contributed by atoms with Crippen molar-refractivity contribution in [2.75, 3.05) is 0 Å². The summed E-state index contributed by atoms with van der Waals surface area (Å²) >= 11 is 1.35.